The van der Waals surface area contributed by atoms with Crippen LogP contribution < -0.4 is 0 Å². The van der Waals surface area contributed by atoms with Crippen molar-refractivity contribution in [2.45, 2.75) is 29.4 Å². The summed E-state index contributed by atoms with van der Waals surface area (Å²) in [6.07, 6.45) is 1.43. The van der Waals surface area contributed by atoms with Gasteiger partial charge in [-0.3, -0.25) is 9.35 Å². The molecular formula is C18H25Cl3NO5S2+. The number of ketones is 1. The lowest BCUT2D eigenvalue weighted by Crippen LogP contribution is -2.43. The zero-order valence-corrected chi connectivity index (χ0v) is 20.2. The second-order valence-electron chi connectivity index (χ2n) is 7.68. The van der Waals surface area contributed by atoms with Gasteiger partial charge in [0.15, 0.2) is 5.78 Å². The molecule has 1 unspecified atom stereocenters. The zero-order chi connectivity index (χ0) is 21.8. The zero-order valence-electron chi connectivity index (χ0n) is 16.3. The number of rotatable bonds is 10. The minimum absolute atomic E-state index is 0.0462. The van der Waals surface area contributed by atoms with Gasteiger partial charge in [-0.25, -0.2) is 0 Å². The van der Waals surface area contributed by atoms with Crippen molar-refractivity contribution in [3.05, 3.63) is 26.7 Å². The topological polar surface area (TPSA) is 80.7 Å². The Morgan fingerprint density at radius 1 is 1.21 bits per heavy atom. The maximum absolute atomic E-state index is 12.5. The van der Waals surface area contributed by atoms with Crippen LogP contribution in [0.2, 0.25) is 15.1 Å². The first-order valence-electron chi connectivity index (χ1n) is 9.12. The van der Waals surface area contributed by atoms with Gasteiger partial charge in [-0.15, -0.1) is 11.8 Å². The number of hydrogen-bond acceptors (Lipinski definition) is 5. The number of carbonyl (C=O) groups excluding carboxylic acids is 1. The van der Waals surface area contributed by atoms with E-state index in [0.717, 1.165) is 13.1 Å². The van der Waals surface area contributed by atoms with Crippen LogP contribution in [0.25, 0.3) is 0 Å². The highest BCUT2D eigenvalue weighted by Crippen LogP contribution is 2.45. The molecule has 0 fully saturated rings. The molecule has 164 valence electrons. The average Bonchev–Trinajstić information content (AvgIpc) is 2.59. The summed E-state index contributed by atoms with van der Waals surface area (Å²) in [5, 5.41) is 0.891. The van der Waals surface area contributed by atoms with Crippen molar-refractivity contribution >= 4 is 62.5 Å². The molecule has 1 aliphatic rings. The van der Waals surface area contributed by atoms with Gasteiger partial charge in [0.05, 0.1) is 60.2 Å². The monoisotopic (exact) mass is 504 g/mol. The van der Waals surface area contributed by atoms with E-state index in [4.69, 9.17) is 44.1 Å². The van der Waals surface area contributed by atoms with Crippen molar-refractivity contribution in [2.24, 2.45) is 0 Å². The molecule has 1 aliphatic heterocycles. The number of carbonyl (C=O) groups is 1. The van der Waals surface area contributed by atoms with E-state index in [1.165, 1.54) is 11.8 Å². The number of fused-ring (bicyclic) bond motifs is 1. The Morgan fingerprint density at radius 3 is 2.55 bits per heavy atom. The summed E-state index contributed by atoms with van der Waals surface area (Å²) in [6, 6.07) is 1.55. The summed E-state index contributed by atoms with van der Waals surface area (Å²) in [7, 11) is 0.183. The molecular weight excluding hydrogens is 481 g/mol. The van der Waals surface area contributed by atoms with Gasteiger partial charge in [0.2, 0.25) is 0 Å². The lowest BCUT2D eigenvalue weighted by atomic mass is 10.1. The summed E-state index contributed by atoms with van der Waals surface area (Å²) < 4.78 is 36.8. The standard InChI is InChI=1S/C18H24Cl3NO5S2/c1-22(2,5-3-4-8-29(24,25)26)6-7-27-11-12-9-15(23)16-17(21)13(19)10-14(20)18(16)28-12/h10,12H,3-9,11H2,1-2H3/p+1. The molecule has 11 heteroatoms. The molecule has 0 aliphatic carbocycles. The number of likely N-dealkylation sites (N-methyl/N-ethyl adjacent to an activating group) is 1. The van der Waals surface area contributed by atoms with Crippen LogP contribution in [0.3, 0.4) is 0 Å². The van der Waals surface area contributed by atoms with Crippen molar-refractivity contribution in [1.29, 1.82) is 0 Å². The number of unbranched alkanes of at least 4 members (excludes halogenated alkanes) is 1. The lowest BCUT2D eigenvalue weighted by Gasteiger charge is -2.30. The largest absolute Gasteiger partial charge is 0.374 e. The van der Waals surface area contributed by atoms with E-state index in [1.807, 2.05) is 14.1 Å². The molecule has 0 saturated carbocycles. The van der Waals surface area contributed by atoms with Gasteiger partial charge < -0.3 is 9.22 Å². The second kappa shape index (κ2) is 10.5. The smallest absolute Gasteiger partial charge is 0.264 e. The normalized spacial score (nSPS) is 17.4. The van der Waals surface area contributed by atoms with E-state index >= 15 is 0 Å². The third kappa shape index (κ3) is 7.85. The number of nitrogens with zero attached hydrogens (tertiary/aromatic N) is 1. The highest BCUT2D eigenvalue weighted by molar-refractivity contribution is 8.00. The number of hydrogen-bond donors (Lipinski definition) is 1. The van der Waals surface area contributed by atoms with E-state index in [0.29, 0.717) is 52.4 Å². The fraction of sp³-hybridized carbons (Fsp3) is 0.611. The first-order valence-corrected chi connectivity index (χ1v) is 12.7. The summed E-state index contributed by atoms with van der Waals surface area (Å²) in [5.74, 6) is -0.299. The average molecular weight is 506 g/mol. The number of Topliss-reactive ketones (excluding diaryl/α,β-unsaturated/α-hetero) is 1. The maximum Gasteiger partial charge on any atom is 0.264 e. The maximum atomic E-state index is 12.5. The summed E-state index contributed by atoms with van der Waals surface area (Å²) >= 11 is 19.9. The third-order valence-electron chi connectivity index (χ3n) is 4.66. The molecule has 0 bridgehead atoms. The quantitative estimate of drug-likeness (QED) is 0.219. The van der Waals surface area contributed by atoms with Crippen LogP contribution in [-0.2, 0) is 14.9 Å². The van der Waals surface area contributed by atoms with Crippen LogP contribution in [0.4, 0.5) is 0 Å². The van der Waals surface area contributed by atoms with Crippen LogP contribution in [0.15, 0.2) is 11.0 Å². The van der Waals surface area contributed by atoms with E-state index in [2.05, 4.69) is 0 Å². The van der Waals surface area contributed by atoms with Gasteiger partial charge in [0.1, 0.15) is 6.54 Å². The van der Waals surface area contributed by atoms with Crippen LogP contribution in [0, 0.1) is 0 Å². The Hall–Kier alpha value is -0.0600. The number of quaternary nitrogens is 1. The SMILES string of the molecule is C[N+](C)(CCCCS(=O)(=O)O)CCOCC1CC(=O)c2c(Cl)c(Cl)cc(Cl)c2S1. The minimum Gasteiger partial charge on any atom is -0.374 e. The Morgan fingerprint density at radius 2 is 1.90 bits per heavy atom. The molecule has 1 N–H and O–H groups in total. The molecule has 1 atom stereocenters. The fourth-order valence-electron chi connectivity index (χ4n) is 3.02. The van der Waals surface area contributed by atoms with Crippen molar-refractivity contribution in [3.8, 4) is 0 Å². The van der Waals surface area contributed by atoms with Gasteiger partial charge >= 0.3 is 0 Å². The van der Waals surface area contributed by atoms with Crippen LogP contribution in [-0.4, -0.2) is 74.6 Å². The summed E-state index contributed by atoms with van der Waals surface area (Å²) in [4.78, 5) is 13.1. The van der Waals surface area contributed by atoms with E-state index < -0.39 is 10.1 Å². The Labute approximate surface area is 191 Å². The number of ether oxygens (including phenoxy) is 1. The van der Waals surface area contributed by atoms with E-state index in [9.17, 15) is 13.2 Å². The molecule has 1 aromatic carbocycles. The third-order valence-corrected chi connectivity index (χ3v) is 7.96. The molecule has 0 amide bonds. The number of halogens is 3. The molecule has 29 heavy (non-hydrogen) atoms. The highest BCUT2D eigenvalue weighted by atomic mass is 35.5. The molecule has 0 aromatic heterocycles. The van der Waals surface area contributed by atoms with E-state index in [1.54, 1.807) is 6.07 Å². The highest BCUT2D eigenvalue weighted by Gasteiger charge is 2.31. The summed E-state index contributed by atoms with van der Waals surface area (Å²) in [6.45, 7) is 2.45. The van der Waals surface area contributed by atoms with E-state index in [-0.39, 0.29) is 26.8 Å². The molecule has 1 heterocycles. The van der Waals surface area contributed by atoms with Gasteiger partial charge in [-0.1, -0.05) is 34.8 Å². The Balaban J connectivity index is 1.79. The van der Waals surface area contributed by atoms with Crippen molar-refractivity contribution in [3.63, 3.8) is 0 Å². The fourth-order valence-corrected chi connectivity index (χ4v) is 5.73. The molecule has 0 spiro atoms. The lowest BCUT2D eigenvalue weighted by molar-refractivity contribution is -0.890. The van der Waals surface area contributed by atoms with Crippen molar-refractivity contribution in [2.75, 3.05) is 46.2 Å². The Kier molecular flexibility index (Phi) is 9.13. The first-order chi connectivity index (χ1) is 13.4. The first kappa shape index (κ1) is 25.2. The molecule has 6 nitrogen and oxygen atoms in total. The molecule has 0 saturated heterocycles. The molecule has 2 rings (SSSR count). The van der Waals surface area contributed by atoms with Crippen LogP contribution in [0.5, 0.6) is 0 Å². The van der Waals surface area contributed by atoms with Crippen molar-refractivity contribution < 1.29 is 27.0 Å². The predicted octanol–water partition coefficient (Wildman–Crippen LogP) is 4.45. The van der Waals surface area contributed by atoms with Crippen LogP contribution >= 0.6 is 46.6 Å². The second-order valence-corrected chi connectivity index (χ2v) is 11.8. The predicted molar refractivity (Wildman–Crippen MR) is 118 cm³/mol. The summed E-state index contributed by atoms with van der Waals surface area (Å²) in [5.41, 5.74) is 0.396. The molecule has 0 radical (unpaired) electrons. The van der Waals surface area contributed by atoms with Gasteiger partial charge in [0.25, 0.3) is 10.1 Å². The number of thioether (sulfide) groups is 1. The van der Waals surface area contributed by atoms with Gasteiger partial charge in [-0.05, 0) is 18.9 Å². The van der Waals surface area contributed by atoms with Crippen LogP contribution in [0.1, 0.15) is 29.6 Å². The van der Waals surface area contributed by atoms with Crippen molar-refractivity contribution in [1.82, 2.24) is 0 Å². The van der Waals surface area contributed by atoms with Gasteiger partial charge in [-0.2, -0.15) is 8.42 Å². The Bertz CT molecular complexity index is 862. The minimum atomic E-state index is -3.90. The van der Waals surface area contributed by atoms with Gasteiger partial charge in [0, 0.05) is 16.6 Å². The molecule has 1 aromatic rings. The number of benzene rings is 1.